The lowest BCUT2D eigenvalue weighted by Gasteiger charge is -2.26. The van der Waals surface area contributed by atoms with E-state index in [4.69, 9.17) is 22.1 Å². The van der Waals surface area contributed by atoms with Crippen molar-refractivity contribution in [2.24, 2.45) is 5.73 Å². The predicted molar refractivity (Wildman–Crippen MR) is 105 cm³/mol. The summed E-state index contributed by atoms with van der Waals surface area (Å²) in [5.41, 5.74) is 9.94. The lowest BCUT2D eigenvalue weighted by molar-refractivity contribution is 0.0369. The van der Waals surface area contributed by atoms with Crippen molar-refractivity contribution in [1.29, 1.82) is 0 Å². The Morgan fingerprint density at radius 2 is 1.85 bits per heavy atom. The standard InChI is InChI=1S/C20H26ClN3O2/c1-14-18(16-6-3-4-7-17(16)21)19(20(22)25)15(2)24(14)9-5-8-23-10-12-26-13-11-23/h3-4,6-7H,5,8-13H2,1-2H3,(H2,22,25). The van der Waals surface area contributed by atoms with Gasteiger partial charge in [-0.25, -0.2) is 0 Å². The fraction of sp³-hybridized carbons (Fsp3) is 0.450. The molecule has 1 aromatic heterocycles. The normalized spacial score (nSPS) is 15.3. The van der Waals surface area contributed by atoms with Gasteiger partial charge in [0.25, 0.3) is 5.91 Å². The van der Waals surface area contributed by atoms with Crippen LogP contribution in [0.2, 0.25) is 5.02 Å². The highest BCUT2D eigenvalue weighted by atomic mass is 35.5. The van der Waals surface area contributed by atoms with E-state index < -0.39 is 5.91 Å². The second kappa shape index (κ2) is 8.25. The summed E-state index contributed by atoms with van der Waals surface area (Å²) in [6, 6.07) is 7.59. The van der Waals surface area contributed by atoms with Crippen LogP contribution in [0.15, 0.2) is 24.3 Å². The van der Waals surface area contributed by atoms with E-state index in [-0.39, 0.29) is 0 Å². The molecule has 1 aromatic carbocycles. The smallest absolute Gasteiger partial charge is 0.251 e. The highest BCUT2D eigenvalue weighted by molar-refractivity contribution is 6.33. The Morgan fingerprint density at radius 1 is 1.15 bits per heavy atom. The molecule has 26 heavy (non-hydrogen) atoms. The molecule has 1 saturated heterocycles. The monoisotopic (exact) mass is 375 g/mol. The van der Waals surface area contributed by atoms with Crippen LogP contribution < -0.4 is 5.73 Å². The third kappa shape index (κ3) is 3.80. The van der Waals surface area contributed by atoms with E-state index >= 15 is 0 Å². The number of carbonyl (C=O) groups excluding carboxylic acids is 1. The summed E-state index contributed by atoms with van der Waals surface area (Å²) in [6.07, 6.45) is 1.01. The predicted octanol–water partition coefficient (Wildman–Crippen LogP) is 3.25. The van der Waals surface area contributed by atoms with Gasteiger partial charge in [0.05, 0.1) is 18.8 Å². The number of nitrogens with two attached hydrogens (primary N) is 1. The van der Waals surface area contributed by atoms with E-state index in [0.29, 0.717) is 10.6 Å². The summed E-state index contributed by atoms with van der Waals surface area (Å²) in [7, 11) is 0. The van der Waals surface area contributed by atoms with Crippen molar-refractivity contribution in [3.05, 3.63) is 46.2 Å². The third-order valence-electron chi connectivity index (χ3n) is 5.13. The molecule has 2 aromatic rings. The van der Waals surface area contributed by atoms with Crippen molar-refractivity contribution in [2.75, 3.05) is 32.8 Å². The Morgan fingerprint density at radius 3 is 2.50 bits per heavy atom. The zero-order valence-electron chi connectivity index (χ0n) is 15.4. The molecular weight excluding hydrogens is 350 g/mol. The molecule has 1 aliphatic rings. The van der Waals surface area contributed by atoms with Crippen LogP contribution in [-0.2, 0) is 11.3 Å². The maximum Gasteiger partial charge on any atom is 0.251 e. The summed E-state index contributed by atoms with van der Waals surface area (Å²) in [5, 5.41) is 0.628. The number of rotatable bonds is 6. The average molecular weight is 376 g/mol. The molecule has 0 unspecified atom stereocenters. The van der Waals surface area contributed by atoms with Crippen LogP contribution in [-0.4, -0.2) is 48.2 Å². The van der Waals surface area contributed by atoms with Crippen LogP contribution in [0.3, 0.4) is 0 Å². The number of primary amides is 1. The number of amides is 1. The molecule has 1 fully saturated rings. The van der Waals surface area contributed by atoms with Crippen LogP contribution in [0.25, 0.3) is 11.1 Å². The molecule has 1 amide bonds. The second-order valence-corrected chi connectivity index (χ2v) is 7.13. The van der Waals surface area contributed by atoms with Crippen molar-refractivity contribution < 1.29 is 9.53 Å². The van der Waals surface area contributed by atoms with Crippen molar-refractivity contribution >= 4 is 17.5 Å². The SMILES string of the molecule is Cc1c(C(N)=O)c(-c2ccccc2Cl)c(C)n1CCCN1CCOCC1. The van der Waals surface area contributed by atoms with Crippen LogP contribution >= 0.6 is 11.6 Å². The second-order valence-electron chi connectivity index (χ2n) is 6.72. The number of aromatic nitrogens is 1. The van der Waals surface area contributed by atoms with Crippen LogP contribution in [0.1, 0.15) is 28.2 Å². The van der Waals surface area contributed by atoms with E-state index in [0.717, 1.165) is 68.3 Å². The maximum atomic E-state index is 12.2. The number of hydrogen-bond donors (Lipinski definition) is 1. The Kier molecular flexibility index (Phi) is 6.01. The molecule has 5 nitrogen and oxygen atoms in total. The number of ether oxygens (including phenoxy) is 1. The maximum absolute atomic E-state index is 12.2. The first-order chi connectivity index (χ1) is 12.5. The Hall–Kier alpha value is -1.82. The number of hydrogen-bond acceptors (Lipinski definition) is 3. The average Bonchev–Trinajstić information content (AvgIpc) is 2.87. The number of morpholine rings is 1. The van der Waals surface area contributed by atoms with E-state index in [1.165, 1.54) is 0 Å². The van der Waals surface area contributed by atoms with Crippen molar-refractivity contribution in [2.45, 2.75) is 26.8 Å². The summed E-state index contributed by atoms with van der Waals surface area (Å²) in [4.78, 5) is 14.6. The van der Waals surface area contributed by atoms with Gasteiger partial charge in [-0.15, -0.1) is 0 Å². The highest BCUT2D eigenvalue weighted by Crippen LogP contribution is 2.36. The highest BCUT2D eigenvalue weighted by Gasteiger charge is 2.23. The van der Waals surface area contributed by atoms with Gasteiger partial charge in [0.1, 0.15) is 0 Å². The minimum Gasteiger partial charge on any atom is -0.379 e. The van der Waals surface area contributed by atoms with E-state index in [1.54, 1.807) is 0 Å². The quantitative estimate of drug-likeness (QED) is 0.843. The van der Waals surface area contributed by atoms with Gasteiger partial charge in [0.2, 0.25) is 0 Å². The number of nitrogens with zero attached hydrogens (tertiary/aromatic N) is 2. The molecule has 0 atom stereocenters. The van der Waals surface area contributed by atoms with Gasteiger partial charge >= 0.3 is 0 Å². The molecule has 140 valence electrons. The molecule has 0 spiro atoms. The molecule has 3 rings (SSSR count). The minimum atomic E-state index is -0.410. The third-order valence-corrected chi connectivity index (χ3v) is 5.46. The molecule has 0 radical (unpaired) electrons. The fourth-order valence-corrected chi connectivity index (χ4v) is 4.02. The summed E-state index contributed by atoms with van der Waals surface area (Å²) >= 11 is 6.40. The Labute approximate surface area is 159 Å². The number of benzene rings is 1. The molecule has 0 saturated carbocycles. The molecule has 2 N–H and O–H groups in total. The molecule has 1 aliphatic heterocycles. The van der Waals surface area contributed by atoms with Gasteiger partial charge in [-0.3, -0.25) is 9.69 Å². The topological polar surface area (TPSA) is 60.5 Å². The van der Waals surface area contributed by atoms with E-state index in [9.17, 15) is 4.79 Å². The van der Waals surface area contributed by atoms with Gasteiger partial charge in [0.15, 0.2) is 0 Å². The van der Waals surface area contributed by atoms with Gasteiger partial charge in [-0.05, 0) is 26.3 Å². The van der Waals surface area contributed by atoms with Crippen molar-refractivity contribution in [1.82, 2.24) is 9.47 Å². The van der Waals surface area contributed by atoms with Crippen molar-refractivity contribution in [3.63, 3.8) is 0 Å². The zero-order valence-corrected chi connectivity index (χ0v) is 16.2. The number of halogens is 1. The first-order valence-corrected chi connectivity index (χ1v) is 9.43. The Bertz CT molecular complexity index is 795. The summed E-state index contributed by atoms with van der Waals surface area (Å²) in [5.74, 6) is -0.410. The number of carbonyl (C=O) groups is 1. The van der Waals surface area contributed by atoms with E-state index in [1.807, 2.05) is 38.1 Å². The lowest BCUT2D eigenvalue weighted by Crippen LogP contribution is -2.37. The van der Waals surface area contributed by atoms with Crippen LogP contribution in [0.5, 0.6) is 0 Å². The molecule has 0 aliphatic carbocycles. The fourth-order valence-electron chi connectivity index (χ4n) is 3.79. The largest absolute Gasteiger partial charge is 0.379 e. The molecule has 6 heteroatoms. The van der Waals surface area contributed by atoms with Gasteiger partial charge in [-0.2, -0.15) is 0 Å². The summed E-state index contributed by atoms with van der Waals surface area (Å²) in [6.45, 7) is 9.46. The summed E-state index contributed by atoms with van der Waals surface area (Å²) < 4.78 is 7.59. The van der Waals surface area contributed by atoms with Crippen molar-refractivity contribution in [3.8, 4) is 11.1 Å². The van der Waals surface area contributed by atoms with Crippen LogP contribution in [0.4, 0.5) is 0 Å². The minimum absolute atomic E-state index is 0.410. The lowest BCUT2D eigenvalue weighted by atomic mass is 10.00. The zero-order chi connectivity index (χ0) is 18.7. The van der Waals surface area contributed by atoms with Gasteiger partial charge in [-0.1, -0.05) is 29.8 Å². The molecule has 0 bridgehead atoms. The van der Waals surface area contributed by atoms with E-state index in [2.05, 4.69) is 9.47 Å². The first-order valence-electron chi connectivity index (χ1n) is 9.05. The van der Waals surface area contributed by atoms with Gasteiger partial charge in [0, 0.05) is 53.7 Å². The Balaban J connectivity index is 1.88. The van der Waals surface area contributed by atoms with Crippen LogP contribution in [0, 0.1) is 13.8 Å². The van der Waals surface area contributed by atoms with Gasteiger partial charge < -0.3 is 15.0 Å². The molecule has 2 heterocycles. The molecular formula is C20H26ClN3O2. The first kappa shape index (κ1) is 19.0.